The van der Waals surface area contributed by atoms with E-state index in [4.69, 9.17) is 0 Å². The Morgan fingerprint density at radius 2 is 1.67 bits per heavy atom. The first-order valence-electron chi connectivity index (χ1n) is 10.7. The number of hydrogen-bond acceptors (Lipinski definition) is 6. The van der Waals surface area contributed by atoms with Crippen molar-refractivity contribution in [3.63, 3.8) is 0 Å². The zero-order valence-corrected chi connectivity index (χ0v) is 20.4. The molecule has 9 heteroatoms. The van der Waals surface area contributed by atoms with Crippen molar-refractivity contribution in [2.45, 2.75) is 0 Å². The lowest BCUT2D eigenvalue weighted by molar-refractivity contribution is -0.122. The van der Waals surface area contributed by atoms with Crippen molar-refractivity contribution in [1.82, 2.24) is 25.1 Å². The highest BCUT2D eigenvalue weighted by Crippen LogP contribution is 2.21. The van der Waals surface area contributed by atoms with Crippen LogP contribution >= 0.6 is 22.6 Å². The Bertz CT molecular complexity index is 1110. The van der Waals surface area contributed by atoms with Gasteiger partial charge in [-0.25, -0.2) is 9.97 Å². The third-order valence-electron chi connectivity index (χ3n) is 5.49. The predicted octanol–water partition coefficient (Wildman–Crippen LogP) is 3.00. The van der Waals surface area contributed by atoms with Crippen LogP contribution in [0.3, 0.4) is 0 Å². The van der Waals surface area contributed by atoms with Gasteiger partial charge in [-0.15, -0.1) is 0 Å². The molecule has 1 aliphatic rings. The summed E-state index contributed by atoms with van der Waals surface area (Å²) in [5.74, 6) is 0.487. The van der Waals surface area contributed by atoms with Gasteiger partial charge in [0.15, 0.2) is 0 Å². The number of hydrogen-bond donors (Lipinski definition) is 2. The number of halogens is 1. The summed E-state index contributed by atoms with van der Waals surface area (Å²) in [6.45, 7) is 2.95. The molecule has 33 heavy (non-hydrogen) atoms. The van der Waals surface area contributed by atoms with Crippen LogP contribution < -0.4 is 10.6 Å². The Labute approximate surface area is 206 Å². The van der Waals surface area contributed by atoms with E-state index < -0.39 is 0 Å². The van der Waals surface area contributed by atoms with E-state index in [0.29, 0.717) is 44.2 Å². The Morgan fingerprint density at radius 3 is 2.33 bits per heavy atom. The topological polar surface area (TPSA) is 90.5 Å². The lowest BCUT2D eigenvalue weighted by Gasteiger charge is -2.34. The Balaban J connectivity index is 1.36. The monoisotopic (exact) mass is 556 g/mol. The molecule has 2 aromatic carbocycles. The Hall–Kier alpha value is -3.05. The minimum absolute atomic E-state index is 0.00176. The molecule has 170 valence electrons. The number of nitrogens with zero attached hydrogens (tertiary/aromatic N) is 4. The zero-order chi connectivity index (χ0) is 23.2. The first-order chi connectivity index (χ1) is 16.0. The molecule has 0 atom stereocenters. The molecule has 1 aliphatic heterocycles. The molecule has 0 radical (unpaired) electrons. The summed E-state index contributed by atoms with van der Waals surface area (Å²) >= 11 is 2.28. The van der Waals surface area contributed by atoms with Gasteiger partial charge in [0.25, 0.3) is 5.91 Å². The van der Waals surface area contributed by atoms with Gasteiger partial charge in [0.05, 0.1) is 12.2 Å². The second kappa shape index (κ2) is 10.7. The maximum Gasteiger partial charge on any atom is 0.253 e. The molecule has 1 aromatic heterocycles. The van der Waals surface area contributed by atoms with Gasteiger partial charge in [-0.1, -0.05) is 12.1 Å². The van der Waals surface area contributed by atoms with Gasteiger partial charge < -0.3 is 15.5 Å². The number of carbonyl (C=O) groups excluding carboxylic acids is 2. The van der Waals surface area contributed by atoms with E-state index in [0.717, 1.165) is 16.9 Å². The van der Waals surface area contributed by atoms with Gasteiger partial charge in [-0.3, -0.25) is 14.5 Å². The maximum atomic E-state index is 12.9. The summed E-state index contributed by atoms with van der Waals surface area (Å²) in [6.07, 6.45) is 1.73. The highest BCUT2D eigenvalue weighted by atomic mass is 127. The van der Waals surface area contributed by atoms with Gasteiger partial charge >= 0.3 is 0 Å². The molecular weight excluding hydrogens is 531 g/mol. The van der Waals surface area contributed by atoms with Gasteiger partial charge in [0.2, 0.25) is 11.9 Å². The van der Waals surface area contributed by atoms with Crippen molar-refractivity contribution < 1.29 is 9.59 Å². The van der Waals surface area contributed by atoms with Crippen LogP contribution in [0.4, 0.5) is 11.6 Å². The SMILES string of the molecule is CNC(=O)CN1CCN(C(=O)c2ccc(Nc3nccc(-c4ccc(I)cc4)n3)cc2)CC1. The summed E-state index contributed by atoms with van der Waals surface area (Å²) in [4.78, 5) is 37.2. The lowest BCUT2D eigenvalue weighted by atomic mass is 10.1. The van der Waals surface area contributed by atoms with Crippen molar-refractivity contribution in [2.75, 3.05) is 45.1 Å². The van der Waals surface area contributed by atoms with E-state index in [1.165, 1.54) is 3.57 Å². The molecule has 2 N–H and O–H groups in total. The average Bonchev–Trinajstić information content (AvgIpc) is 2.85. The molecule has 0 saturated carbocycles. The van der Waals surface area contributed by atoms with Crippen LogP contribution in [-0.2, 0) is 4.79 Å². The number of rotatable bonds is 6. The summed E-state index contributed by atoms with van der Waals surface area (Å²) in [5, 5.41) is 5.84. The fourth-order valence-corrected chi connectivity index (χ4v) is 3.96. The van der Waals surface area contributed by atoms with Crippen LogP contribution in [0.2, 0.25) is 0 Å². The van der Waals surface area contributed by atoms with E-state index in [2.05, 4.69) is 48.1 Å². The second-order valence-electron chi connectivity index (χ2n) is 7.72. The highest BCUT2D eigenvalue weighted by molar-refractivity contribution is 14.1. The molecule has 8 nitrogen and oxygen atoms in total. The maximum absolute atomic E-state index is 12.9. The Kier molecular flexibility index (Phi) is 7.50. The summed E-state index contributed by atoms with van der Waals surface area (Å²) in [5.41, 5.74) is 3.30. The van der Waals surface area contributed by atoms with Gasteiger partial charge in [0, 0.05) is 59.8 Å². The van der Waals surface area contributed by atoms with Crippen molar-refractivity contribution in [1.29, 1.82) is 0 Å². The number of likely N-dealkylation sites (N-methyl/N-ethyl adjacent to an activating group) is 1. The number of aromatic nitrogens is 2. The Morgan fingerprint density at radius 1 is 0.970 bits per heavy atom. The normalized spacial score (nSPS) is 14.1. The van der Waals surface area contributed by atoms with Crippen molar-refractivity contribution in [2.24, 2.45) is 0 Å². The molecule has 4 rings (SSSR count). The zero-order valence-electron chi connectivity index (χ0n) is 18.3. The molecule has 0 bridgehead atoms. The number of nitrogens with one attached hydrogen (secondary N) is 2. The van der Waals surface area contributed by atoms with Gasteiger partial charge in [0.1, 0.15) is 0 Å². The molecule has 1 fully saturated rings. The average molecular weight is 556 g/mol. The quantitative estimate of drug-likeness (QED) is 0.454. The third kappa shape index (κ3) is 6.05. The molecule has 1 saturated heterocycles. The van der Waals surface area contributed by atoms with Crippen LogP contribution in [0.1, 0.15) is 10.4 Å². The van der Waals surface area contributed by atoms with Gasteiger partial charge in [-0.05, 0) is 65.1 Å². The number of benzene rings is 2. The molecule has 0 unspecified atom stereocenters. The molecule has 0 spiro atoms. The van der Waals surface area contributed by atoms with Crippen molar-refractivity contribution in [3.8, 4) is 11.3 Å². The number of amides is 2. The molecule has 2 amide bonds. The standard InChI is InChI=1S/C24H25IN6O2/c1-26-22(32)16-30-12-14-31(15-13-30)23(33)18-4-8-20(9-5-18)28-24-27-11-10-21(29-24)17-2-6-19(25)7-3-17/h2-11H,12-16H2,1H3,(H,26,32)(H,27,28,29). The van der Waals surface area contributed by atoms with E-state index >= 15 is 0 Å². The smallest absolute Gasteiger partial charge is 0.253 e. The van der Waals surface area contributed by atoms with E-state index in [1.54, 1.807) is 13.2 Å². The summed E-state index contributed by atoms with van der Waals surface area (Å²) in [7, 11) is 1.63. The number of piperazine rings is 1. The summed E-state index contributed by atoms with van der Waals surface area (Å²) < 4.78 is 1.17. The minimum Gasteiger partial charge on any atom is -0.358 e. The van der Waals surface area contributed by atoms with Crippen LogP contribution in [-0.4, -0.2) is 71.4 Å². The highest BCUT2D eigenvalue weighted by Gasteiger charge is 2.23. The largest absolute Gasteiger partial charge is 0.358 e. The minimum atomic E-state index is -0.00840. The first kappa shape index (κ1) is 23.1. The predicted molar refractivity (Wildman–Crippen MR) is 136 cm³/mol. The van der Waals surface area contributed by atoms with Crippen LogP contribution in [0, 0.1) is 3.57 Å². The molecule has 3 aromatic rings. The second-order valence-corrected chi connectivity index (χ2v) is 8.96. The van der Waals surface area contributed by atoms with Crippen molar-refractivity contribution in [3.05, 3.63) is 69.9 Å². The fraction of sp³-hybridized carbons (Fsp3) is 0.250. The van der Waals surface area contributed by atoms with Gasteiger partial charge in [-0.2, -0.15) is 0 Å². The fourth-order valence-electron chi connectivity index (χ4n) is 3.60. The number of anilines is 2. The van der Waals surface area contributed by atoms with Crippen LogP contribution in [0.5, 0.6) is 0 Å². The third-order valence-corrected chi connectivity index (χ3v) is 6.21. The molecule has 0 aliphatic carbocycles. The van der Waals surface area contributed by atoms with E-state index in [1.807, 2.05) is 59.5 Å². The van der Waals surface area contributed by atoms with E-state index in [-0.39, 0.29) is 11.8 Å². The van der Waals surface area contributed by atoms with E-state index in [9.17, 15) is 9.59 Å². The molecule has 2 heterocycles. The van der Waals surface area contributed by atoms with Crippen molar-refractivity contribution >= 4 is 46.0 Å². The lowest BCUT2D eigenvalue weighted by Crippen LogP contribution is -2.50. The molecular formula is C24H25IN6O2. The van der Waals surface area contributed by atoms with Crippen LogP contribution in [0.25, 0.3) is 11.3 Å². The first-order valence-corrected chi connectivity index (χ1v) is 11.8. The summed E-state index contributed by atoms with van der Waals surface area (Å²) in [6, 6.07) is 17.4. The number of carbonyl (C=O) groups is 2. The van der Waals surface area contributed by atoms with Crippen LogP contribution in [0.15, 0.2) is 60.8 Å².